The van der Waals surface area contributed by atoms with Crippen molar-refractivity contribution in [1.29, 1.82) is 5.26 Å². The van der Waals surface area contributed by atoms with Crippen LogP contribution in [0.5, 0.6) is 0 Å². The van der Waals surface area contributed by atoms with Gasteiger partial charge in [-0.1, -0.05) is 30.3 Å². The summed E-state index contributed by atoms with van der Waals surface area (Å²) < 4.78 is 0. The average molecular weight is 243 g/mol. The van der Waals surface area contributed by atoms with E-state index in [1.165, 1.54) is 0 Å². The summed E-state index contributed by atoms with van der Waals surface area (Å²) in [6, 6.07) is 13.3. The molecule has 1 fully saturated rings. The number of nitrogens with two attached hydrogens (primary N) is 1. The Balaban J connectivity index is 2.01. The van der Waals surface area contributed by atoms with Crippen LogP contribution in [-0.2, 0) is 0 Å². The first kappa shape index (κ1) is 13.1. The zero-order valence-corrected chi connectivity index (χ0v) is 10.9. The van der Waals surface area contributed by atoms with Gasteiger partial charge in [0.1, 0.15) is 0 Å². The highest BCUT2D eigenvalue weighted by Crippen LogP contribution is 2.22. The Kier molecular flexibility index (Phi) is 4.35. The average Bonchev–Trinajstić information content (AvgIpc) is 2.39. The van der Waals surface area contributed by atoms with Crippen LogP contribution in [-0.4, -0.2) is 30.1 Å². The third-order valence-electron chi connectivity index (χ3n) is 3.83. The van der Waals surface area contributed by atoms with Gasteiger partial charge in [-0.05, 0) is 31.9 Å². The molecule has 1 aromatic rings. The molecule has 0 amide bonds. The number of likely N-dealkylation sites (tertiary alicyclic amines) is 1. The van der Waals surface area contributed by atoms with Gasteiger partial charge in [-0.25, -0.2) is 0 Å². The number of benzene rings is 1. The predicted octanol–water partition coefficient (Wildman–Crippen LogP) is 2.11. The molecule has 0 radical (unpaired) electrons. The topological polar surface area (TPSA) is 53.0 Å². The largest absolute Gasteiger partial charge is 0.328 e. The van der Waals surface area contributed by atoms with Crippen molar-refractivity contribution in [2.75, 3.05) is 13.1 Å². The van der Waals surface area contributed by atoms with Crippen molar-refractivity contribution in [3.8, 4) is 6.07 Å². The fourth-order valence-electron chi connectivity index (χ4n) is 2.67. The van der Waals surface area contributed by atoms with E-state index in [9.17, 15) is 5.26 Å². The zero-order chi connectivity index (χ0) is 13.0. The number of hydrogen-bond acceptors (Lipinski definition) is 3. The van der Waals surface area contributed by atoms with Gasteiger partial charge in [0.15, 0.2) is 0 Å². The second-order valence-electron chi connectivity index (χ2n) is 5.22. The van der Waals surface area contributed by atoms with Crippen LogP contribution in [0.25, 0.3) is 0 Å². The number of nitriles is 1. The molecule has 1 saturated heterocycles. The molecule has 2 N–H and O–H groups in total. The molecule has 3 nitrogen and oxygen atoms in total. The molecule has 0 bridgehead atoms. The molecular formula is C15H21N3. The molecule has 0 aromatic heterocycles. The van der Waals surface area contributed by atoms with Crippen molar-refractivity contribution in [3.05, 3.63) is 35.9 Å². The van der Waals surface area contributed by atoms with Crippen LogP contribution in [0.4, 0.5) is 0 Å². The lowest BCUT2D eigenvalue weighted by atomic mass is 9.95. The van der Waals surface area contributed by atoms with Gasteiger partial charge in [-0.2, -0.15) is 5.26 Å². The van der Waals surface area contributed by atoms with E-state index in [-0.39, 0.29) is 5.92 Å². The van der Waals surface area contributed by atoms with Gasteiger partial charge in [-0.15, -0.1) is 0 Å². The maximum absolute atomic E-state index is 9.35. The summed E-state index contributed by atoms with van der Waals surface area (Å²) in [5.41, 5.74) is 7.08. The van der Waals surface area contributed by atoms with Crippen molar-refractivity contribution in [2.45, 2.75) is 37.8 Å². The van der Waals surface area contributed by atoms with Crippen LogP contribution in [0.3, 0.4) is 0 Å². The third-order valence-corrected chi connectivity index (χ3v) is 3.83. The molecule has 0 spiro atoms. The van der Waals surface area contributed by atoms with Crippen molar-refractivity contribution in [3.63, 3.8) is 0 Å². The maximum Gasteiger partial charge on any atom is 0.0839 e. The highest BCUT2D eigenvalue weighted by atomic mass is 15.2. The van der Waals surface area contributed by atoms with Crippen molar-refractivity contribution in [1.82, 2.24) is 4.90 Å². The Morgan fingerprint density at radius 2 is 2.17 bits per heavy atom. The Morgan fingerprint density at radius 3 is 2.78 bits per heavy atom. The van der Waals surface area contributed by atoms with Gasteiger partial charge >= 0.3 is 0 Å². The summed E-state index contributed by atoms with van der Waals surface area (Å²) >= 11 is 0. The quantitative estimate of drug-likeness (QED) is 0.884. The summed E-state index contributed by atoms with van der Waals surface area (Å²) in [7, 11) is 0. The van der Waals surface area contributed by atoms with E-state index in [0.717, 1.165) is 31.5 Å². The first-order valence-corrected chi connectivity index (χ1v) is 6.65. The van der Waals surface area contributed by atoms with E-state index < -0.39 is 0 Å². The molecule has 1 aromatic carbocycles. The fraction of sp³-hybridized carbons (Fsp3) is 0.533. The molecule has 3 atom stereocenters. The summed E-state index contributed by atoms with van der Waals surface area (Å²) in [4.78, 5) is 2.39. The number of hydrogen-bond donors (Lipinski definition) is 1. The summed E-state index contributed by atoms with van der Waals surface area (Å²) in [5.74, 6) is -0.0389. The second kappa shape index (κ2) is 5.99. The lowest BCUT2D eigenvalue weighted by Crippen LogP contribution is -2.46. The Morgan fingerprint density at radius 1 is 1.44 bits per heavy atom. The van der Waals surface area contributed by atoms with Crippen LogP contribution in [0.15, 0.2) is 30.3 Å². The first-order chi connectivity index (χ1) is 8.70. The monoisotopic (exact) mass is 243 g/mol. The molecule has 1 heterocycles. The van der Waals surface area contributed by atoms with E-state index in [1.807, 2.05) is 30.3 Å². The SMILES string of the molecule is CC1CC(N)CCN1CC(C#N)c1ccccc1. The summed E-state index contributed by atoms with van der Waals surface area (Å²) in [6.07, 6.45) is 2.07. The smallest absolute Gasteiger partial charge is 0.0839 e. The first-order valence-electron chi connectivity index (χ1n) is 6.65. The van der Waals surface area contributed by atoms with Crippen LogP contribution in [0, 0.1) is 11.3 Å². The van der Waals surface area contributed by atoms with E-state index in [4.69, 9.17) is 5.73 Å². The van der Waals surface area contributed by atoms with Gasteiger partial charge < -0.3 is 5.73 Å². The fourth-order valence-corrected chi connectivity index (χ4v) is 2.67. The third kappa shape index (κ3) is 3.10. The molecule has 0 aliphatic carbocycles. The summed E-state index contributed by atoms with van der Waals surface area (Å²) in [6.45, 7) is 4.03. The van der Waals surface area contributed by atoms with Crippen molar-refractivity contribution in [2.24, 2.45) is 5.73 Å². The van der Waals surface area contributed by atoms with E-state index in [0.29, 0.717) is 12.1 Å². The maximum atomic E-state index is 9.35. The normalized spacial score (nSPS) is 26.5. The highest BCUT2D eigenvalue weighted by molar-refractivity contribution is 5.25. The van der Waals surface area contributed by atoms with Gasteiger partial charge in [0.2, 0.25) is 0 Å². The predicted molar refractivity (Wildman–Crippen MR) is 73.0 cm³/mol. The number of nitrogens with zero attached hydrogens (tertiary/aromatic N) is 2. The van der Waals surface area contributed by atoms with E-state index >= 15 is 0 Å². The minimum atomic E-state index is -0.0389. The Bertz CT molecular complexity index is 409. The number of piperidine rings is 1. The minimum absolute atomic E-state index is 0.0389. The molecular weight excluding hydrogens is 222 g/mol. The molecule has 2 rings (SSSR count). The Hall–Kier alpha value is -1.37. The van der Waals surface area contributed by atoms with Crippen LogP contribution in [0.1, 0.15) is 31.2 Å². The van der Waals surface area contributed by atoms with Crippen molar-refractivity contribution >= 4 is 0 Å². The molecule has 3 unspecified atom stereocenters. The highest BCUT2D eigenvalue weighted by Gasteiger charge is 2.25. The van der Waals surface area contributed by atoms with Crippen LogP contribution >= 0.6 is 0 Å². The molecule has 0 saturated carbocycles. The Labute approximate surface area is 109 Å². The molecule has 96 valence electrons. The molecule has 3 heteroatoms. The zero-order valence-electron chi connectivity index (χ0n) is 10.9. The second-order valence-corrected chi connectivity index (χ2v) is 5.22. The molecule has 18 heavy (non-hydrogen) atoms. The van der Waals surface area contributed by atoms with Crippen molar-refractivity contribution < 1.29 is 0 Å². The lowest BCUT2D eigenvalue weighted by molar-refractivity contribution is 0.145. The van der Waals surface area contributed by atoms with E-state index in [1.54, 1.807) is 0 Å². The minimum Gasteiger partial charge on any atom is -0.328 e. The molecule has 1 aliphatic heterocycles. The number of rotatable bonds is 3. The standard InChI is InChI=1S/C15H21N3/c1-12-9-15(17)7-8-18(12)11-14(10-16)13-5-3-2-4-6-13/h2-6,12,14-15H,7-9,11,17H2,1H3. The van der Waals surface area contributed by atoms with Gasteiger partial charge in [-0.3, -0.25) is 4.90 Å². The van der Waals surface area contributed by atoms with Gasteiger partial charge in [0, 0.05) is 18.6 Å². The molecule has 1 aliphatic rings. The summed E-state index contributed by atoms with van der Waals surface area (Å²) in [5, 5.41) is 9.35. The lowest BCUT2D eigenvalue weighted by Gasteiger charge is -2.37. The van der Waals surface area contributed by atoms with Crippen LogP contribution in [0.2, 0.25) is 0 Å². The van der Waals surface area contributed by atoms with Gasteiger partial charge in [0.25, 0.3) is 0 Å². The van der Waals surface area contributed by atoms with E-state index in [2.05, 4.69) is 17.9 Å². The van der Waals surface area contributed by atoms with Crippen LogP contribution < -0.4 is 5.73 Å². The van der Waals surface area contributed by atoms with Gasteiger partial charge in [0.05, 0.1) is 12.0 Å².